The van der Waals surface area contributed by atoms with E-state index in [1.165, 1.54) is 0 Å². The first-order valence-electron chi connectivity index (χ1n) is 4.01. The van der Waals surface area contributed by atoms with Gasteiger partial charge in [0.05, 0.1) is 0 Å². The molecule has 11 nitrogen and oxygen atoms in total. The second-order valence-corrected chi connectivity index (χ2v) is 3.14. The SMILES string of the molecule is [N-]=[N+]=NCC(=O)N1CC([N+](=O)[O-])([N+](=O)[O-])C1. The Morgan fingerprint density at radius 1 is 1.44 bits per heavy atom. The molecule has 0 aromatic heterocycles. The first-order valence-corrected chi connectivity index (χ1v) is 4.01. The van der Waals surface area contributed by atoms with E-state index in [0.717, 1.165) is 4.90 Å². The zero-order chi connectivity index (χ0) is 12.3. The molecule has 0 N–H and O–H groups in total. The fourth-order valence-corrected chi connectivity index (χ4v) is 1.23. The molecule has 0 saturated carbocycles. The van der Waals surface area contributed by atoms with Crippen LogP contribution in [0.5, 0.6) is 0 Å². The summed E-state index contributed by atoms with van der Waals surface area (Å²) in [6, 6.07) is 0. The molecule has 1 fully saturated rings. The molecule has 0 aliphatic carbocycles. The van der Waals surface area contributed by atoms with E-state index in [2.05, 4.69) is 10.0 Å². The van der Waals surface area contributed by atoms with Crippen LogP contribution in [-0.2, 0) is 4.79 Å². The number of carbonyl (C=O) groups is 1. The van der Waals surface area contributed by atoms with Crippen LogP contribution in [0, 0.1) is 20.2 Å². The molecule has 1 rings (SSSR count). The highest BCUT2D eigenvalue weighted by Crippen LogP contribution is 2.25. The molecule has 0 bridgehead atoms. The highest BCUT2D eigenvalue weighted by molar-refractivity contribution is 5.79. The smallest absolute Gasteiger partial charge is 0.314 e. The van der Waals surface area contributed by atoms with Crippen molar-refractivity contribution in [2.24, 2.45) is 5.11 Å². The van der Waals surface area contributed by atoms with E-state index in [9.17, 15) is 25.0 Å². The van der Waals surface area contributed by atoms with Gasteiger partial charge in [0.15, 0.2) is 13.1 Å². The molecule has 16 heavy (non-hydrogen) atoms. The van der Waals surface area contributed by atoms with Crippen LogP contribution in [0.3, 0.4) is 0 Å². The molecule has 0 spiro atoms. The Morgan fingerprint density at radius 2 is 1.94 bits per heavy atom. The summed E-state index contributed by atoms with van der Waals surface area (Å²) in [4.78, 5) is 33.3. The molecule has 0 atom stereocenters. The molecule has 0 aromatic carbocycles. The molecular weight excluding hydrogens is 224 g/mol. The van der Waals surface area contributed by atoms with Crippen LogP contribution in [0.25, 0.3) is 10.4 Å². The number of rotatable bonds is 4. The highest BCUT2D eigenvalue weighted by Gasteiger charge is 2.67. The lowest BCUT2D eigenvalue weighted by Gasteiger charge is -2.35. The molecule has 1 heterocycles. The minimum atomic E-state index is -2.31. The van der Waals surface area contributed by atoms with Gasteiger partial charge in [0.2, 0.25) is 5.91 Å². The summed E-state index contributed by atoms with van der Waals surface area (Å²) >= 11 is 0. The standard InChI is InChI=1S/C5H6N6O5/c6-8-7-1-4(12)9-2-5(3-9,10(13)14)11(15)16/h1-3H2. The second-order valence-electron chi connectivity index (χ2n) is 3.14. The van der Waals surface area contributed by atoms with Crippen molar-refractivity contribution in [1.29, 1.82) is 0 Å². The van der Waals surface area contributed by atoms with Gasteiger partial charge >= 0.3 is 5.66 Å². The summed E-state index contributed by atoms with van der Waals surface area (Å²) in [6.07, 6.45) is 0. The van der Waals surface area contributed by atoms with Gasteiger partial charge in [-0.25, -0.2) is 0 Å². The van der Waals surface area contributed by atoms with Crippen LogP contribution in [0.15, 0.2) is 5.11 Å². The van der Waals surface area contributed by atoms with Crippen LogP contribution < -0.4 is 0 Å². The summed E-state index contributed by atoms with van der Waals surface area (Å²) in [5.74, 6) is -0.669. The number of carbonyl (C=O) groups excluding carboxylic acids is 1. The average Bonchev–Trinajstić information content (AvgIpc) is 2.11. The van der Waals surface area contributed by atoms with Crippen molar-refractivity contribution >= 4 is 5.91 Å². The quantitative estimate of drug-likeness (QED) is 0.157. The summed E-state index contributed by atoms with van der Waals surface area (Å²) in [6.45, 7) is -1.71. The fraction of sp³-hybridized carbons (Fsp3) is 0.800. The van der Waals surface area contributed by atoms with Crippen LogP contribution in [0.1, 0.15) is 0 Å². The van der Waals surface area contributed by atoms with E-state index in [0.29, 0.717) is 0 Å². The first kappa shape index (κ1) is 11.7. The molecule has 1 amide bonds. The Kier molecular flexibility index (Phi) is 2.90. The number of likely N-dealkylation sites (tertiary alicyclic amines) is 1. The third-order valence-corrected chi connectivity index (χ3v) is 2.19. The lowest BCUT2D eigenvalue weighted by atomic mass is 10.0. The van der Waals surface area contributed by atoms with Crippen molar-refractivity contribution < 1.29 is 14.6 Å². The summed E-state index contributed by atoms with van der Waals surface area (Å²) in [7, 11) is 0. The molecule has 86 valence electrons. The Hall–Kier alpha value is -2.42. The van der Waals surface area contributed by atoms with Gasteiger partial charge in [-0.3, -0.25) is 25.0 Å². The maximum Gasteiger partial charge on any atom is 0.492 e. The van der Waals surface area contributed by atoms with E-state index >= 15 is 0 Å². The van der Waals surface area contributed by atoms with Crippen LogP contribution in [0.4, 0.5) is 0 Å². The van der Waals surface area contributed by atoms with E-state index in [4.69, 9.17) is 5.53 Å². The molecule has 0 unspecified atom stereocenters. The van der Waals surface area contributed by atoms with Gasteiger partial charge in [-0.2, -0.15) is 0 Å². The molecule has 1 aliphatic heterocycles. The van der Waals surface area contributed by atoms with Crippen molar-refractivity contribution in [1.82, 2.24) is 4.90 Å². The molecule has 1 saturated heterocycles. The second kappa shape index (κ2) is 3.98. The summed E-state index contributed by atoms with van der Waals surface area (Å²) in [5.41, 5.74) is 5.62. The number of hydrogen-bond donors (Lipinski definition) is 0. The van der Waals surface area contributed by atoms with Gasteiger partial charge in [0.1, 0.15) is 16.4 Å². The maximum absolute atomic E-state index is 11.1. The zero-order valence-corrected chi connectivity index (χ0v) is 7.85. The molecule has 11 heteroatoms. The normalized spacial score (nSPS) is 16.9. The fourth-order valence-electron chi connectivity index (χ4n) is 1.23. The zero-order valence-electron chi connectivity index (χ0n) is 7.85. The lowest BCUT2D eigenvalue weighted by molar-refractivity contribution is -0.809. The van der Waals surface area contributed by atoms with Crippen molar-refractivity contribution in [2.45, 2.75) is 5.66 Å². The van der Waals surface area contributed by atoms with E-state index in [1.807, 2.05) is 0 Å². The summed E-state index contributed by atoms with van der Waals surface area (Å²) < 4.78 is 0. The molecular formula is C5H6N6O5. The van der Waals surface area contributed by atoms with Crippen molar-refractivity contribution in [3.05, 3.63) is 30.7 Å². The lowest BCUT2D eigenvalue weighted by Crippen LogP contribution is -2.71. The number of hydrogen-bond acceptors (Lipinski definition) is 6. The minimum Gasteiger partial charge on any atom is -0.314 e. The third kappa shape index (κ3) is 1.70. The number of nitro groups is 2. The largest absolute Gasteiger partial charge is 0.492 e. The maximum atomic E-state index is 11.1. The number of nitrogens with zero attached hydrogens (tertiary/aromatic N) is 6. The topological polar surface area (TPSA) is 155 Å². The highest BCUT2D eigenvalue weighted by atomic mass is 16.7. The Labute approximate surface area is 87.6 Å². The van der Waals surface area contributed by atoms with Crippen molar-refractivity contribution in [3.63, 3.8) is 0 Å². The molecule has 0 radical (unpaired) electrons. The number of amides is 1. The first-order chi connectivity index (χ1) is 7.44. The summed E-state index contributed by atoms with van der Waals surface area (Å²) in [5, 5.41) is 23.9. The Balaban J connectivity index is 2.64. The van der Waals surface area contributed by atoms with Gasteiger partial charge in [0.25, 0.3) is 0 Å². The van der Waals surface area contributed by atoms with Crippen molar-refractivity contribution in [3.8, 4) is 0 Å². The average molecular weight is 230 g/mol. The van der Waals surface area contributed by atoms with Gasteiger partial charge in [-0.15, -0.1) is 0 Å². The Bertz CT molecular complexity index is 378. The van der Waals surface area contributed by atoms with Crippen LogP contribution in [0.2, 0.25) is 0 Å². The number of azide groups is 1. The van der Waals surface area contributed by atoms with Crippen molar-refractivity contribution in [2.75, 3.05) is 19.6 Å². The molecule has 1 aliphatic rings. The van der Waals surface area contributed by atoms with E-state index in [1.54, 1.807) is 0 Å². The predicted molar refractivity (Wildman–Crippen MR) is 47.3 cm³/mol. The van der Waals surface area contributed by atoms with Gasteiger partial charge in [-0.1, -0.05) is 5.11 Å². The third-order valence-electron chi connectivity index (χ3n) is 2.19. The monoisotopic (exact) mass is 230 g/mol. The predicted octanol–water partition coefficient (Wildman–Crippen LogP) is -0.611. The molecule has 0 aromatic rings. The van der Waals surface area contributed by atoms with E-state index < -0.39 is 41.1 Å². The van der Waals surface area contributed by atoms with Gasteiger partial charge in [0, 0.05) is 4.91 Å². The Morgan fingerprint density at radius 3 is 2.31 bits per heavy atom. The van der Waals surface area contributed by atoms with E-state index in [-0.39, 0.29) is 0 Å². The van der Waals surface area contributed by atoms with Gasteiger partial charge < -0.3 is 4.90 Å². The van der Waals surface area contributed by atoms with Crippen LogP contribution >= 0.6 is 0 Å². The van der Waals surface area contributed by atoms with Crippen LogP contribution in [-0.4, -0.2) is 46.0 Å². The van der Waals surface area contributed by atoms with Gasteiger partial charge in [-0.05, 0) is 5.53 Å². The minimum absolute atomic E-state index is 0.498.